The van der Waals surface area contributed by atoms with Gasteiger partial charge in [-0.25, -0.2) is 9.78 Å². The van der Waals surface area contributed by atoms with E-state index < -0.39 is 5.97 Å². The van der Waals surface area contributed by atoms with E-state index >= 15 is 0 Å². The van der Waals surface area contributed by atoms with Gasteiger partial charge in [-0.15, -0.1) is 0 Å². The van der Waals surface area contributed by atoms with E-state index in [9.17, 15) is 4.79 Å². The van der Waals surface area contributed by atoms with Crippen LogP contribution < -0.4 is 14.2 Å². The maximum absolute atomic E-state index is 11.8. The monoisotopic (exact) mass is 259 g/mol. The molecule has 1 aromatic heterocycles. The molecular formula is C14H13NO4. The van der Waals surface area contributed by atoms with Gasteiger partial charge in [-0.3, -0.25) is 0 Å². The summed E-state index contributed by atoms with van der Waals surface area (Å²) >= 11 is 0. The summed E-state index contributed by atoms with van der Waals surface area (Å²) in [5.74, 6) is 1.12. The van der Waals surface area contributed by atoms with Gasteiger partial charge in [-0.2, -0.15) is 0 Å². The average molecular weight is 259 g/mol. The first kappa shape index (κ1) is 12.9. The summed E-state index contributed by atoms with van der Waals surface area (Å²) in [7, 11) is 3.09. The lowest BCUT2D eigenvalue weighted by molar-refractivity contribution is 0.0734. The molecule has 0 aliphatic heterocycles. The molecule has 2 aromatic rings. The molecule has 0 spiro atoms. The van der Waals surface area contributed by atoms with Gasteiger partial charge in [0.1, 0.15) is 11.5 Å². The Bertz CT molecular complexity index is 549. The van der Waals surface area contributed by atoms with Gasteiger partial charge in [0.05, 0.1) is 19.8 Å². The van der Waals surface area contributed by atoms with Gasteiger partial charge in [0, 0.05) is 12.3 Å². The van der Waals surface area contributed by atoms with E-state index in [1.165, 1.54) is 13.3 Å². The Kier molecular flexibility index (Phi) is 3.97. The fourth-order valence-electron chi connectivity index (χ4n) is 1.43. The molecule has 1 heterocycles. The zero-order valence-electron chi connectivity index (χ0n) is 10.6. The first-order valence-electron chi connectivity index (χ1n) is 5.59. The number of carbonyl (C=O) groups is 1. The van der Waals surface area contributed by atoms with Crippen molar-refractivity contribution in [1.82, 2.24) is 4.98 Å². The Labute approximate surface area is 110 Å². The maximum Gasteiger partial charge on any atom is 0.345 e. The highest BCUT2D eigenvalue weighted by molar-refractivity contribution is 5.90. The molecule has 5 nitrogen and oxygen atoms in total. The van der Waals surface area contributed by atoms with Crippen molar-refractivity contribution in [1.29, 1.82) is 0 Å². The molecule has 0 saturated heterocycles. The summed E-state index contributed by atoms with van der Waals surface area (Å²) in [6, 6.07) is 9.95. The fraction of sp³-hybridized carbons (Fsp3) is 0.143. The smallest absolute Gasteiger partial charge is 0.345 e. The summed E-state index contributed by atoms with van der Waals surface area (Å²) in [6.45, 7) is 0. The van der Waals surface area contributed by atoms with Crippen LogP contribution >= 0.6 is 0 Å². The molecule has 0 amide bonds. The number of hydrogen-bond acceptors (Lipinski definition) is 5. The van der Waals surface area contributed by atoms with Gasteiger partial charge >= 0.3 is 5.97 Å². The number of nitrogens with zero attached hydrogens (tertiary/aromatic N) is 1. The summed E-state index contributed by atoms with van der Waals surface area (Å²) in [5.41, 5.74) is 0.358. The SMILES string of the molecule is COc1ccc(OC(=O)c2ccc(OC)nc2)cc1. The van der Waals surface area contributed by atoms with E-state index in [-0.39, 0.29) is 0 Å². The van der Waals surface area contributed by atoms with Crippen LogP contribution in [-0.2, 0) is 0 Å². The number of benzene rings is 1. The van der Waals surface area contributed by atoms with Crippen LogP contribution in [0.3, 0.4) is 0 Å². The minimum Gasteiger partial charge on any atom is -0.497 e. The highest BCUT2D eigenvalue weighted by Crippen LogP contribution is 2.18. The van der Waals surface area contributed by atoms with Crippen molar-refractivity contribution < 1.29 is 19.0 Å². The van der Waals surface area contributed by atoms with Gasteiger partial charge in [-0.05, 0) is 30.3 Å². The largest absolute Gasteiger partial charge is 0.497 e. The molecule has 0 N–H and O–H groups in total. The molecule has 0 unspecified atom stereocenters. The van der Waals surface area contributed by atoms with Crippen molar-refractivity contribution in [2.24, 2.45) is 0 Å². The van der Waals surface area contributed by atoms with Crippen LogP contribution in [0, 0.1) is 0 Å². The molecule has 1 aromatic carbocycles. The molecule has 19 heavy (non-hydrogen) atoms. The van der Waals surface area contributed by atoms with Gasteiger partial charge in [0.15, 0.2) is 0 Å². The lowest BCUT2D eigenvalue weighted by Gasteiger charge is -2.05. The minimum absolute atomic E-state index is 0.358. The lowest BCUT2D eigenvalue weighted by Crippen LogP contribution is -2.08. The Balaban J connectivity index is 2.06. The number of ether oxygens (including phenoxy) is 3. The lowest BCUT2D eigenvalue weighted by atomic mass is 10.3. The third-order valence-electron chi connectivity index (χ3n) is 2.45. The number of hydrogen-bond donors (Lipinski definition) is 0. The van der Waals surface area contributed by atoms with Crippen LogP contribution in [0.2, 0.25) is 0 Å². The zero-order chi connectivity index (χ0) is 13.7. The number of esters is 1. The molecule has 0 saturated carbocycles. The predicted octanol–water partition coefficient (Wildman–Crippen LogP) is 2.32. The number of rotatable bonds is 4. The minimum atomic E-state index is -0.472. The first-order valence-corrected chi connectivity index (χ1v) is 5.59. The van der Waals surface area contributed by atoms with E-state index in [0.717, 1.165) is 0 Å². The highest BCUT2D eigenvalue weighted by atomic mass is 16.5. The number of pyridine rings is 1. The molecular weight excluding hydrogens is 246 g/mol. The quantitative estimate of drug-likeness (QED) is 0.623. The van der Waals surface area contributed by atoms with Crippen LogP contribution in [0.15, 0.2) is 42.6 Å². The summed E-state index contributed by atoms with van der Waals surface area (Å²) in [4.78, 5) is 15.8. The summed E-state index contributed by atoms with van der Waals surface area (Å²) in [6.07, 6.45) is 1.41. The van der Waals surface area contributed by atoms with Crippen molar-refractivity contribution in [3.63, 3.8) is 0 Å². The van der Waals surface area contributed by atoms with Crippen LogP contribution in [0.5, 0.6) is 17.4 Å². The zero-order valence-corrected chi connectivity index (χ0v) is 10.6. The van der Waals surface area contributed by atoms with E-state index in [1.807, 2.05) is 0 Å². The number of carbonyl (C=O) groups excluding carboxylic acids is 1. The predicted molar refractivity (Wildman–Crippen MR) is 68.7 cm³/mol. The number of methoxy groups -OCH3 is 2. The normalized spacial score (nSPS) is 9.79. The third kappa shape index (κ3) is 3.22. The Morgan fingerprint density at radius 2 is 1.63 bits per heavy atom. The van der Waals surface area contributed by atoms with Gasteiger partial charge in [-0.1, -0.05) is 0 Å². The molecule has 5 heteroatoms. The van der Waals surface area contributed by atoms with E-state index in [4.69, 9.17) is 14.2 Å². The van der Waals surface area contributed by atoms with Crippen molar-refractivity contribution >= 4 is 5.97 Å². The molecule has 2 rings (SSSR count). The van der Waals surface area contributed by atoms with Crippen LogP contribution in [-0.4, -0.2) is 25.2 Å². The van der Waals surface area contributed by atoms with Gasteiger partial charge in [0.2, 0.25) is 5.88 Å². The fourth-order valence-corrected chi connectivity index (χ4v) is 1.43. The maximum atomic E-state index is 11.8. The topological polar surface area (TPSA) is 57.7 Å². The molecule has 0 aliphatic carbocycles. The van der Waals surface area contributed by atoms with Crippen LogP contribution in [0.1, 0.15) is 10.4 Å². The van der Waals surface area contributed by atoms with E-state index in [1.54, 1.807) is 43.5 Å². The Morgan fingerprint density at radius 1 is 0.947 bits per heavy atom. The van der Waals surface area contributed by atoms with Crippen molar-refractivity contribution in [2.45, 2.75) is 0 Å². The second-order valence-electron chi connectivity index (χ2n) is 3.65. The Morgan fingerprint density at radius 3 is 2.16 bits per heavy atom. The van der Waals surface area contributed by atoms with E-state index in [0.29, 0.717) is 22.9 Å². The number of aromatic nitrogens is 1. The second-order valence-corrected chi connectivity index (χ2v) is 3.65. The van der Waals surface area contributed by atoms with Crippen molar-refractivity contribution in [3.8, 4) is 17.4 Å². The highest BCUT2D eigenvalue weighted by Gasteiger charge is 2.09. The molecule has 0 bridgehead atoms. The molecule has 0 fully saturated rings. The molecule has 0 atom stereocenters. The Hall–Kier alpha value is -2.56. The second kappa shape index (κ2) is 5.86. The average Bonchev–Trinajstić information content (AvgIpc) is 2.48. The molecule has 0 radical (unpaired) electrons. The third-order valence-corrected chi connectivity index (χ3v) is 2.45. The van der Waals surface area contributed by atoms with Gasteiger partial charge < -0.3 is 14.2 Å². The van der Waals surface area contributed by atoms with Gasteiger partial charge in [0.25, 0.3) is 0 Å². The molecule has 98 valence electrons. The summed E-state index contributed by atoms with van der Waals surface area (Å²) < 4.78 is 15.1. The van der Waals surface area contributed by atoms with Crippen molar-refractivity contribution in [2.75, 3.05) is 14.2 Å². The van der Waals surface area contributed by atoms with E-state index in [2.05, 4.69) is 4.98 Å². The first-order chi connectivity index (χ1) is 9.22. The van der Waals surface area contributed by atoms with Crippen LogP contribution in [0.25, 0.3) is 0 Å². The molecule has 0 aliphatic rings. The van der Waals surface area contributed by atoms with Crippen molar-refractivity contribution in [3.05, 3.63) is 48.2 Å². The summed E-state index contributed by atoms with van der Waals surface area (Å²) in [5, 5.41) is 0. The van der Waals surface area contributed by atoms with Crippen LogP contribution in [0.4, 0.5) is 0 Å². The standard InChI is InChI=1S/C14H13NO4/c1-17-11-4-6-12(7-5-11)19-14(16)10-3-8-13(18-2)15-9-10/h3-9H,1-2H3.